The molecule has 0 bridgehead atoms. The van der Waals surface area contributed by atoms with Crippen LogP contribution in [0, 0.1) is 12.8 Å². The summed E-state index contributed by atoms with van der Waals surface area (Å²) in [6.07, 6.45) is 1.05. The van der Waals surface area contributed by atoms with Crippen molar-refractivity contribution in [2.75, 3.05) is 18.4 Å². The number of anilines is 1. The molecule has 35 heavy (non-hydrogen) atoms. The van der Waals surface area contributed by atoms with Crippen molar-refractivity contribution in [3.63, 3.8) is 0 Å². The smallest absolute Gasteiger partial charge is 0.227 e. The number of sulfonamides is 1. The Morgan fingerprint density at radius 1 is 0.943 bits per heavy atom. The molecule has 1 amide bonds. The lowest BCUT2D eigenvalue weighted by atomic mass is 9.97. The van der Waals surface area contributed by atoms with Crippen molar-refractivity contribution in [3.05, 3.63) is 77.9 Å². The quantitative estimate of drug-likeness (QED) is 0.399. The molecule has 0 spiro atoms. The van der Waals surface area contributed by atoms with E-state index in [0.29, 0.717) is 25.9 Å². The lowest BCUT2D eigenvalue weighted by Gasteiger charge is -2.30. The van der Waals surface area contributed by atoms with Crippen molar-refractivity contribution < 1.29 is 13.2 Å². The van der Waals surface area contributed by atoms with Gasteiger partial charge in [-0.25, -0.2) is 12.7 Å². The summed E-state index contributed by atoms with van der Waals surface area (Å²) in [6, 6.07) is 22.0. The van der Waals surface area contributed by atoms with Crippen LogP contribution >= 0.6 is 0 Å². The Morgan fingerprint density at radius 3 is 2.34 bits per heavy atom. The van der Waals surface area contributed by atoms with Crippen LogP contribution in [-0.4, -0.2) is 36.3 Å². The highest BCUT2D eigenvalue weighted by atomic mass is 32.2. The zero-order valence-electron chi connectivity index (χ0n) is 20.2. The maximum Gasteiger partial charge on any atom is 0.227 e. The minimum Gasteiger partial charge on any atom is -0.341 e. The van der Waals surface area contributed by atoms with Crippen molar-refractivity contribution in [3.8, 4) is 0 Å². The second kappa shape index (κ2) is 9.47. The van der Waals surface area contributed by atoms with Gasteiger partial charge in [0.25, 0.3) is 0 Å². The first-order chi connectivity index (χ1) is 16.9. The van der Waals surface area contributed by atoms with Gasteiger partial charge in [0, 0.05) is 53.0 Å². The summed E-state index contributed by atoms with van der Waals surface area (Å²) in [4.78, 5) is 13.0. The van der Waals surface area contributed by atoms with Gasteiger partial charge < -0.3 is 9.88 Å². The zero-order chi connectivity index (χ0) is 24.6. The van der Waals surface area contributed by atoms with Crippen molar-refractivity contribution in [2.24, 2.45) is 5.92 Å². The molecule has 3 aromatic carbocycles. The van der Waals surface area contributed by atoms with Crippen LogP contribution in [0.1, 0.15) is 30.9 Å². The number of fused-ring (bicyclic) bond motifs is 3. The summed E-state index contributed by atoms with van der Waals surface area (Å²) in [5, 5.41) is 5.37. The topological polar surface area (TPSA) is 71.4 Å². The number of carbonyl (C=O) groups excluding carboxylic acids is 1. The third-order valence-electron chi connectivity index (χ3n) is 7.04. The molecule has 1 N–H and O–H groups in total. The molecular weight excluding hydrogens is 458 g/mol. The van der Waals surface area contributed by atoms with Gasteiger partial charge in [-0.15, -0.1) is 0 Å². The molecule has 1 aliphatic heterocycles. The van der Waals surface area contributed by atoms with Crippen LogP contribution in [0.2, 0.25) is 0 Å². The van der Waals surface area contributed by atoms with Gasteiger partial charge in [0.05, 0.1) is 5.75 Å². The van der Waals surface area contributed by atoms with Gasteiger partial charge in [-0.1, -0.05) is 48.0 Å². The van der Waals surface area contributed by atoms with Crippen LogP contribution in [0.4, 0.5) is 5.69 Å². The molecule has 0 unspecified atom stereocenters. The molecule has 2 heterocycles. The number of carbonyl (C=O) groups is 1. The highest BCUT2D eigenvalue weighted by molar-refractivity contribution is 7.88. The predicted octanol–water partition coefficient (Wildman–Crippen LogP) is 5.30. The number of nitrogens with one attached hydrogen (secondary N) is 1. The number of rotatable bonds is 6. The lowest BCUT2D eigenvalue weighted by Crippen LogP contribution is -2.41. The maximum absolute atomic E-state index is 13.0. The van der Waals surface area contributed by atoms with Gasteiger partial charge in [0.2, 0.25) is 15.9 Å². The van der Waals surface area contributed by atoms with Crippen molar-refractivity contribution >= 4 is 43.4 Å². The van der Waals surface area contributed by atoms with E-state index in [9.17, 15) is 13.2 Å². The Balaban J connectivity index is 1.25. The molecule has 0 atom stereocenters. The fourth-order valence-corrected chi connectivity index (χ4v) is 6.66. The van der Waals surface area contributed by atoms with Gasteiger partial charge >= 0.3 is 0 Å². The molecular formula is C28H31N3O3S. The molecule has 182 valence electrons. The summed E-state index contributed by atoms with van der Waals surface area (Å²) < 4.78 is 29.6. The average molecular weight is 490 g/mol. The van der Waals surface area contributed by atoms with Crippen LogP contribution in [0.25, 0.3) is 21.8 Å². The SMILES string of the molecule is CCn1c2ccccc2c2cc(NC(=O)C3CCN(S(=O)(=O)Cc4ccc(C)cc4)CC3)ccc21. The summed E-state index contributed by atoms with van der Waals surface area (Å²) in [6.45, 7) is 5.73. The maximum atomic E-state index is 13.0. The van der Waals surface area contributed by atoms with Crippen molar-refractivity contribution in [1.82, 2.24) is 8.87 Å². The van der Waals surface area contributed by atoms with E-state index in [2.05, 4.69) is 35.0 Å². The standard InChI is InChI=1S/C28H31N3O3S/c1-3-31-26-7-5-4-6-24(26)25-18-23(12-13-27(25)31)29-28(32)22-14-16-30(17-15-22)35(33,34)19-21-10-8-20(2)9-11-21/h4-13,18,22H,3,14-17,19H2,1-2H3,(H,29,32). The summed E-state index contributed by atoms with van der Waals surface area (Å²) in [5.74, 6) is -0.247. The van der Waals surface area contributed by atoms with E-state index in [4.69, 9.17) is 0 Å². The van der Waals surface area contributed by atoms with Gasteiger partial charge in [-0.05, 0) is 56.5 Å². The molecule has 7 heteroatoms. The molecule has 5 rings (SSSR count). The van der Waals surface area contributed by atoms with E-state index >= 15 is 0 Å². The molecule has 1 aromatic heterocycles. The molecule has 6 nitrogen and oxygen atoms in total. The van der Waals surface area contributed by atoms with Gasteiger partial charge in [-0.2, -0.15) is 0 Å². The van der Waals surface area contributed by atoms with E-state index in [1.54, 1.807) is 0 Å². The zero-order valence-corrected chi connectivity index (χ0v) is 21.0. The lowest BCUT2D eigenvalue weighted by molar-refractivity contribution is -0.120. The van der Waals surface area contributed by atoms with Gasteiger partial charge in [-0.3, -0.25) is 4.79 Å². The average Bonchev–Trinajstić information content (AvgIpc) is 3.18. The monoisotopic (exact) mass is 489 g/mol. The molecule has 1 fully saturated rings. The van der Waals surface area contributed by atoms with E-state index in [1.807, 2.05) is 55.5 Å². The number of amides is 1. The highest BCUT2D eigenvalue weighted by Crippen LogP contribution is 2.31. The Kier molecular flexibility index (Phi) is 6.38. The third kappa shape index (κ3) is 4.70. The van der Waals surface area contributed by atoms with Crippen molar-refractivity contribution in [1.29, 1.82) is 0 Å². The molecule has 1 saturated heterocycles. The fourth-order valence-electron chi connectivity index (χ4n) is 5.10. The summed E-state index contributed by atoms with van der Waals surface area (Å²) in [5.41, 5.74) is 5.01. The summed E-state index contributed by atoms with van der Waals surface area (Å²) in [7, 11) is -3.40. The first-order valence-corrected chi connectivity index (χ1v) is 13.8. The molecule has 1 aliphatic rings. The highest BCUT2D eigenvalue weighted by Gasteiger charge is 2.31. The normalized spacial score (nSPS) is 15.6. The first kappa shape index (κ1) is 23.6. The number of hydrogen-bond donors (Lipinski definition) is 1. The van der Waals surface area contributed by atoms with E-state index in [-0.39, 0.29) is 17.6 Å². The van der Waals surface area contributed by atoms with Gasteiger partial charge in [0.1, 0.15) is 0 Å². The predicted molar refractivity (Wildman–Crippen MR) is 142 cm³/mol. The second-order valence-electron chi connectivity index (χ2n) is 9.40. The molecule has 0 aliphatic carbocycles. The minimum absolute atomic E-state index is 0.00444. The number of hydrogen-bond acceptors (Lipinski definition) is 3. The number of nitrogens with zero attached hydrogens (tertiary/aromatic N) is 2. The second-order valence-corrected chi connectivity index (χ2v) is 11.4. The Labute approximate surface area is 206 Å². The van der Waals surface area contributed by atoms with E-state index in [0.717, 1.165) is 34.3 Å². The number of piperidine rings is 1. The fraction of sp³-hybridized carbons (Fsp3) is 0.321. The Bertz CT molecular complexity index is 1480. The Hall–Kier alpha value is -3.16. The molecule has 0 saturated carbocycles. The van der Waals surface area contributed by atoms with Crippen LogP contribution < -0.4 is 5.32 Å². The van der Waals surface area contributed by atoms with Gasteiger partial charge in [0.15, 0.2) is 0 Å². The molecule has 4 aromatic rings. The number of benzene rings is 3. The minimum atomic E-state index is -3.40. The number of aryl methyl sites for hydroxylation is 2. The van der Waals surface area contributed by atoms with Crippen LogP contribution in [0.3, 0.4) is 0 Å². The third-order valence-corrected chi connectivity index (χ3v) is 8.89. The van der Waals surface area contributed by atoms with Crippen LogP contribution in [-0.2, 0) is 27.1 Å². The van der Waals surface area contributed by atoms with Crippen LogP contribution in [0.5, 0.6) is 0 Å². The first-order valence-electron chi connectivity index (χ1n) is 12.2. The van der Waals surface area contributed by atoms with E-state index < -0.39 is 10.0 Å². The van der Waals surface area contributed by atoms with Crippen LogP contribution in [0.15, 0.2) is 66.7 Å². The number of aromatic nitrogens is 1. The molecule has 0 radical (unpaired) electrons. The van der Waals surface area contributed by atoms with Crippen molar-refractivity contribution in [2.45, 2.75) is 39.0 Å². The Morgan fingerprint density at radius 2 is 1.63 bits per heavy atom. The largest absolute Gasteiger partial charge is 0.341 e. The summed E-state index contributed by atoms with van der Waals surface area (Å²) >= 11 is 0. The van der Waals surface area contributed by atoms with E-state index in [1.165, 1.54) is 15.2 Å². The number of para-hydroxylation sites is 1.